The van der Waals surface area contributed by atoms with Crippen molar-refractivity contribution >= 4 is 0 Å². The molecule has 6 nitrogen and oxygen atoms in total. The zero-order valence-corrected chi connectivity index (χ0v) is 23.1. The Kier molecular flexibility index (Phi) is 10.5. The summed E-state index contributed by atoms with van der Waals surface area (Å²) in [5.41, 5.74) is 5.59. The lowest BCUT2D eigenvalue weighted by Gasteiger charge is -2.10. The van der Waals surface area contributed by atoms with Crippen LogP contribution in [0.25, 0.3) is 11.4 Å². The standard InChI is InChI=1S/C34H38N2O4/c1-2-4-6-22-40-32-19-15-28(16-20-32)24-38-26-30-10-8-12-34(36-30)33-11-7-9-29(35-33)25-37-23-27-13-17-31(18-14-27)39-21-5-3-1/h7-20H,1-6,21-26H2. The van der Waals surface area contributed by atoms with Crippen LogP contribution in [-0.2, 0) is 35.9 Å². The molecule has 0 unspecified atom stereocenters. The number of ether oxygens (including phenoxy) is 4. The molecule has 0 aliphatic carbocycles. The minimum atomic E-state index is 0.429. The summed E-state index contributed by atoms with van der Waals surface area (Å²) in [6, 6.07) is 28.2. The fourth-order valence-corrected chi connectivity index (χ4v) is 4.61. The fourth-order valence-electron chi connectivity index (χ4n) is 4.61. The van der Waals surface area contributed by atoms with E-state index < -0.39 is 0 Å². The van der Waals surface area contributed by atoms with Gasteiger partial charge in [0.1, 0.15) is 11.5 Å². The Labute approximate surface area is 237 Å². The topological polar surface area (TPSA) is 62.7 Å². The highest BCUT2D eigenvalue weighted by molar-refractivity contribution is 5.54. The van der Waals surface area contributed by atoms with E-state index in [0.717, 1.165) is 71.5 Å². The molecular formula is C34H38N2O4. The molecule has 40 heavy (non-hydrogen) atoms. The second-order valence-corrected chi connectivity index (χ2v) is 10.1. The zero-order chi connectivity index (χ0) is 27.2. The van der Waals surface area contributed by atoms with E-state index in [0.29, 0.717) is 26.4 Å². The molecule has 6 heterocycles. The lowest BCUT2D eigenvalue weighted by Crippen LogP contribution is -2.01. The molecule has 8 bridgehead atoms. The third kappa shape index (κ3) is 8.90. The quantitative estimate of drug-likeness (QED) is 0.229. The van der Waals surface area contributed by atoms with Gasteiger partial charge in [-0.2, -0.15) is 0 Å². The molecule has 4 aliphatic rings. The Morgan fingerprint density at radius 3 is 1.30 bits per heavy atom. The second kappa shape index (κ2) is 15.2. The van der Waals surface area contributed by atoms with Gasteiger partial charge < -0.3 is 18.9 Å². The zero-order valence-electron chi connectivity index (χ0n) is 23.1. The minimum Gasteiger partial charge on any atom is -0.494 e. The number of nitrogens with zero attached hydrogens (tertiary/aromatic N) is 2. The van der Waals surface area contributed by atoms with Crippen molar-refractivity contribution in [3.63, 3.8) is 0 Å². The molecule has 0 saturated heterocycles. The Balaban J connectivity index is 1.22. The number of hydrogen-bond donors (Lipinski definition) is 0. The summed E-state index contributed by atoms with van der Waals surface area (Å²) in [5, 5.41) is 0. The molecule has 6 heteroatoms. The average Bonchev–Trinajstić information content (AvgIpc) is 2.99. The molecule has 4 aromatic rings. The number of aromatic nitrogens is 2. The van der Waals surface area contributed by atoms with Gasteiger partial charge in [-0.05, 0) is 72.5 Å². The van der Waals surface area contributed by atoms with Gasteiger partial charge in [0.05, 0.1) is 62.4 Å². The van der Waals surface area contributed by atoms with Crippen molar-refractivity contribution in [2.45, 2.75) is 65.0 Å². The molecule has 0 amide bonds. The Morgan fingerprint density at radius 2 is 0.850 bits per heavy atom. The first-order chi connectivity index (χ1) is 19.8. The van der Waals surface area contributed by atoms with E-state index >= 15 is 0 Å². The molecule has 0 fully saturated rings. The van der Waals surface area contributed by atoms with Crippen LogP contribution in [0.5, 0.6) is 11.5 Å². The highest BCUT2D eigenvalue weighted by Gasteiger charge is 2.06. The predicted octanol–water partition coefficient (Wildman–Crippen LogP) is 7.69. The molecule has 0 radical (unpaired) electrons. The van der Waals surface area contributed by atoms with Crippen LogP contribution in [0.1, 0.15) is 61.0 Å². The first-order valence-corrected chi connectivity index (χ1v) is 14.3. The summed E-state index contributed by atoms with van der Waals surface area (Å²) in [5.74, 6) is 1.81. The van der Waals surface area contributed by atoms with Crippen molar-refractivity contribution in [1.29, 1.82) is 0 Å². The Morgan fingerprint density at radius 1 is 0.425 bits per heavy atom. The van der Waals surface area contributed by atoms with Crippen LogP contribution >= 0.6 is 0 Å². The molecule has 2 aromatic heterocycles. The third-order valence-corrected chi connectivity index (χ3v) is 6.84. The van der Waals surface area contributed by atoms with Crippen molar-refractivity contribution < 1.29 is 18.9 Å². The van der Waals surface area contributed by atoms with E-state index in [9.17, 15) is 0 Å². The number of rotatable bonds is 0. The van der Waals surface area contributed by atoms with Gasteiger partial charge in [0.15, 0.2) is 0 Å². The Hall–Kier alpha value is -3.74. The third-order valence-electron chi connectivity index (χ3n) is 6.84. The largest absolute Gasteiger partial charge is 0.494 e. The van der Waals surface area contributed by atoms with Crippen LogP contribution in [0.4, 0.5) is 0 Å². The molecule has 208 valence electrons. The summed E-state index contributed by atoms with van der Waals surface area (Å²) < 4.78 is 23.8. The molecule has 0 atom stereocenters. The van der Waals surface area contributed by atoms with Gasteiger partial charge in [-0.25, -0.2) is 9.97 Å². The highest BCUT2D eigenvalue weighted by Crippen LogP contribution is 2.19. The second-order valence-electron chi connectivity index (χ2n) is 10.1. The summed E-state index contributed by atoms with van der Waals surface area (Å²) in [7, 11) is 0. The molecule has 8 rings (SSSR count). The first-order valence-electron chi connectivity index (χ1n) is 14.3. The molecule has 4 aliphatic heterocycles. The predicted molar refractivity (Wildman–Crippen MR) is 156 cm³/mol. The lowest BCUT2D eigenvalue weighted by atomic mass is 10.1. The van der Waals surface area contributed by atoms with Crippen LogP contribution in [0.2, 0.25) is 0 Å². The normalized spacial score (nSPS) is 16.0. The van der Waals surface area contributed by atoms with Gasteiger partial charge in [-0.1, -0.05) is 62.1 Å². The van der Waals surface area contributed by atoms with Gasteiger partial charge in [-0.3, -0.25) is 0 Å². The fraction of sp³-hybridized carbons (Fsp3) is 0.353. The molecule has 0 N–H and O–H groups in total. The van der Waals surface area contributed by atoms with Crippen LogP contribution in [-0.4, -0.2) is 23.2 Å². The maximum absolute atomic E-state index is 5.96. The number of pyridine rings is 2. The lowest BCUT2D eigenvalue weighted by molar-refractivity contribution is 0.104. The summed E-state index contributed by atoms with van der Waals surface area (Å²) in [4.78, 5) is 9.56. The van der Waals surface area contributed by atoms with Gasteiger partial charge in [0.25, 0.3) is 0 Å². The summed E-state index contributed by atoms with van der Waals surface area (Å²) >= 11 is 0. The van der Waals surface area contributed by atoms with E-state index in [1.54, 1.807) is 0 Å². The van der Waals surface area contributed by atoms with E-state index in [1.165, 1.54) is 25.7 Å². The maximum atomic E-state index is 5.96. The SMILES string of the molecule is c1cc2nc(c1)-c1cccc(n1)COCc1ccc(cc1)OCCCCCCCCOc1ccc(cc1)COC2. The molecular weight excluding hydrogens is 500 g/mol. The monoisotopic (exact) mass is 538 g/mol. The van der Waals surface area contributed by atoms with Crippen molar-refractivity contribution in [3.8, 4) is 22.9 Å². The summed E-state index contributed by atoms with van der Waals surface area (Å²) in [6.45, 7) is 3.40. The van der Waals surface area contributed by atoms with Crippen LogP contribution < -0.4 is 9.47 Å². The smallest absolute Gasteiger partial charge is 0.119 e. The van der Waals surface area contributed by atoms with E-state index in [2.05, 4.69) is 24.3 Å². The average molecular weight is 539 g/mol. The molecule has 2 aromatic carbocycles. The number of hydrogen-bond acceptors (Lipinski definition) is 6. The first kappa shape index (κ1) is 27.8. The van der Waals surface area contributed by atoms with Crippen LogP contribution in [0, 0.1) is 0 Å². The maximum Gasteiger partial charge on any atom is 0.119 e. The van der Waals surface area contributed by atoms with E-state index in [4.69, 9.17) is 28.9 Å². The van der Waals surface area contributed by atoms with Crippen molar-refractivity contribution in [3.05, 3.63) is 107 Å². The van der Waals surface area contributed by atoms with E-state index in [-0.39, 0.29) is 0 Å². The van der Waals surface area contributed by atoms with Crippen molar-refractivity contribution in [2.24, 2.45) is 0 Å². The molecule has 0 spiro atoms. The van der Waals surface area contributed by atoms with Gasteiger partial charge in [0.2, 0.25) is 0 Å². The highest BCUT2D eigenvalue weighted by atomic mass is 16.5. The molecule has 0 saturated carbocycles. The van der Waals surface area contributed by atoms with Crippen molar-refractivity contribution in [1.82, 2.24) is 9.97 Å². The minimum absolute atomic E-state index is 0.429. The van der Waals surface area contributed by atoms with Crippen LogP contribution in [0.15, 0.2) is 84.9 Å². The van der Waals surface area contributed by atoms with Gasteiger partial charge in [0, 0.05) is 0 Å². The van der Waals surface area contributed by atoms with E-state index in [1.807, 2.05) is 60.7 Å². The Bertz CT molecular complexity index is 1210. The number of benzene rings is 2. The summed E-state index contributed by atoms with van der Waals surface area (Å²) in [6.07, 6.45) is 6.98. The van der Waals surface area contributed by atoms with Crippen LogP contribution in [0.3, 0.4) is 0 Å². The van der Waals surface area contributed by atoms with Gasteiger partial charge in [-0.15, -0.1) is 0 Å². The van der Waals surface area contributed by atoms with Gasteiger partial charge >= 0.3 is 0 Å². The van der Waals surface area contributed by atoms with Crippen molar-refractivity contribution in [2.75, 3.05) is 13.2 Å².